The van der Waals surface area contributed by atoms with E-state index in [4.69, 9.17) is 9.97 Å². The number of hydrogen-bond donors (Lipinski definition) is 0. The largest absolute Gasteiger partial charge is 0.311 e. The van der Waals surface area contributed by atoms with E-state index in [1.54, 1.807) is 0 Å². The summed E-state index contributed by atoms with van der Waals surface area (Å²) >= 11 is 0. The minimum Gasteiger partial charge on any atom is -0.311 e. The van der Waals surface area contributed by atoms with Crippen LogP contribution in [0.25, 0.3) is 89.2 Å². The van der Waals surface area contributed by atoms with Crippen molar-refractivity contribution in [2.45, 2.75) is 16.7 Å². The van der Waals surface area contributed by atoms with Crippen LogP contribution in [0.2, 0.25) is 0 Å². The molecule has 0 amide bonds. The van der Waals surface area contributed by atoms with Gasteiger partial charge in [-0.3, -0.25) is 0 Å². The normalized spacial score (nSPS) is 14.6. The first-order valence-corrected chi connectivity index (χ1v) is 38.1. The highest BCUT2D eigenvalue weighted by Crippen LogP contribution is 2.61. The number of nitrogens with zero attached hydrogens (tertiary/aromatic N) is 4. The Kier molecular flexibility index (Phi) is 16.5. The quantitative estimate of drug-likeness (QED) is 0.0965. The van der Waals surface area contributed by atoms with E-state index in [9.17, 15) is 0 Å². The molecule has 2 atom stereocenters. The fourth-order valence-corrected chi connectivity index (χ4v) is 18.2. The Labute approximate surface area is 642 Å². The van der Waals surface area contributed by atoms with E-state index in [0.717, 1.165) is 112 Å². The van der Waals surface area contributed by atoms with Gasteiger partial charge in [-0.2, -0.15) is 0 Å². The number of hydrogen-bond acceptors (Lipinski definition) is 4. The summed E-state index contributed by atoms with van der Waals surface area (Å²) < 4.78 is 0. The third-order valence-electron chi connectivity index (χ3n) is 23.1. The van der Waals surface area contributed by atoms with Gasteiger partial charge >= 0.3 is 0 Å². The molecule has 1 heterocycles. The monoisotopic (exact) mass is 1400 g/mol. The molecular formula is C106H74N4. The van der Waals surface area contributed by atoms with Gasteiger partial charge in [0, 0.05) is 68.2 Å². The highest BCUT2D eigenvalue weighted by Gasteiger charge is 2.53. The molecule has 0 N–H and O–H groups in total. The van der Waals surface area contributed by atoms with Crippen LogP contribution in [-0.4, -0.2) is 9.97 Å². The fourth-order valence-electron chi connectivity index (χ4n) is 18.2. The molecule has 3 aliphatic rings. The Morgan fingerprint density at radius 2 is 0.536 bits per heavy atom. The number of anilines is 6. The van der Waals surface area contributed by atoms with E-state index in [1.807, 2.05) is 0 Å². The Balaban J connectivity index is 0.793. The molecular weight excluding hydrogens is 1330 g/mol. The van der Waals surface area contributed by atoms with E-state index in [1.165, 1.54) is 55.6 Å². The van der Waals surface area contributed by atoms with Gasteiger partial charge in [0.1, 0.15) is 0 Å². The molecule has 1 aromatic heterocycles. The van der Waals surface area contributed by atoms with Crippen LogP contribution in [0.5, 0.6) is 0 Å². The maximum Gasteiger partial charge on any atom is 0.0979 e. The second-order valence-electron chi connectivity index (χ2n) is 29.0. The van der Waals surface area contributed by atoms with Gasteiger partial charge in [0.15, 0.2) is 0 Å². The summed E-state index contributed by atoms with van der Waals surface area (Å²) in [4.78, 5) is 17.0. The average Bonchev–Trinajstić information content (AvgIpc) is 1.53. The predicted molar refractivity (Wildman–Crippen MR) is 456 cm³/mol. The molecule has 0 saturated heterocycles. The Hall–Kier alpha value is -14.1. The predicted octanol–water partition coefficient (Wildman–Crippen LogP) is 27.1. The zero-order chi connectivity index (χ0) is 73.0. The third-order valence-corrected chi connectivity index (χ3v) is 23.1. The number of fused-ring (bicyclic) bond motifs is 7. The summed E-state index contributed by atoms with van der Waals surface area (Å²) in [6.45, 7) is 0. The lowest BCUT2D eigenvalue weighted by atomic mass is 9.63. The molecule has 0 radical (unpaired) electrons. The van der Waals surface area contributed by atoms with Crippen LogP contribution in [0, 0.1) is 5.92 Å². The fraction of sp³-hybridized carbons (Fsp3) is 0.0377. The lowest BCUT2D eigenvalue weighted by molar-refractivity contribution is 0.457. The van der Waals surface area contributed by atoms with Gasteiger partial charge in [-0.1, -0.05) is 352 Å². The van der Waals surface area contributed by atoms with Gasteiger partial charge in [0.2, 0.25) is 0 Å². The molecule has 0 aliphatic heterocycles. The van der Waals surface area contributed by atoms with Crippen molar-refractivity contribution in [1.82, 2.24) is 9.97 Å². The Morgan fingerprint density at radius 3 is 0.964 bits per heavy atom. The summed E-state index contributed by atoms with van der Waals surface area (Å²) in [6.07, 6.45) is 9.36. The van der Waals surface area contributed by atoms with Crippen LogP contribution in [-0.2, 0) is 10.8 Å². The van der Waals surface area contributed by atoms with Gasteiger partial charge in [-0.05, 0) is 174 Å². The minimum atomic E-state index is -0.621. The number of aromatic nitrogens is 2. The second kappa shape index (κ2) is 27.7. The van der Waals surface area contributed by atoms with E-state index in [-0.39, 0.29) is 11.8 Å². The summed E-state index contributed by atoms with van der Waals surface area (Å²) in [5.41, 5.74) is 31.7. The van der Waals surface area contributed by atoms with Crippen LogP contribution in [0.4, 0.5) is 34.1 Å². The first kappa shape index (κ1) is 65.5. The molecule has 0 fully saturated rings. The number of allylic oxidation sites excluding steroid dienone is 4. The van der Waals surface area contributed by atoms with Gasteiger partial charge in [-0.25, -0.2) is 9.97 Å². The van der Waals surface area contributed by atoms with E-state index in [0.29, 0.717) is 0 Å². The zero-order valence-corrected chi connectivity index (χ0v) is 60.5. The van der Waals surface area contributed by atoms with Crippen molar-refractivity contribution >= 4 is 45.2 Å². The lowest BCUT2D eigenvalue weighted by Crippen LogP contribution is -2.35. The minimum absolute atomic E-state index is 0.134. The van der Waals surface area contributed by atoms with Gasteiger partial charge in [-0.15, -0.1) is 0 Å². The van der Waals surface area contributed by atoms with Gasteiger partial charge in [0.25, 0.3) is 0 Å². The molecule has 0 saturated carbocycles. The smallest absolute Gasteiger partial charge is 0.0979 e. The van der Waals surface area contributed by atoms with Crippen molar-refractivity contribution in [3.05, 3.63) is 481 Å². The van der Waals surface area contributed by atoms with Crippen LogP contribution >= 0.6 is 0 Å². The van der Waals surface area contributed by atoms with E-state index >= 15 is 0 Å². The van der Waals surface area contributed by atoms with Crippen molar-refractivity contribution in [3.8, 4) is 78.1 Å². The topological polar surface area (TPSA) is 32.3 Å². The highest BCUT2D eigenvalue weighted by molar-refractivity contribution is 6.04. The molecule has 3 aliphatic carbocycles. The number of rotatable bonds is 16. The number of para-hydroxylation sites is 4. The van der Waals surface area contributed by atoms with Gasteiger partial charge in [0.05, 0.1) is 33.3 Å². The molecule has 20 rings (SSSR count). The van der Waals surface area contributed by atoms with E-state index in [2.05, 4.69) is 447 Å². The molecule has 16 aromatic carbocycles. The summed E-state index contributed by atoms with van der Waals surface area (Å²) in [7, 11) is 0. The molecule has 110 heavy (non-hydrogen) atoms. The Morgan fingerprint density at radius 1 is 0.227 bits per heavy atom. The molecule has 17 aromatic rings. The van der Waals surface area contributed by atoms with Crippen molar-refractivity contribution in [2.75, 3.05) is 9.80 Å². The van der Waals surface area contributed by atoms with Crippen molar-refractivity contribution < 1.29 is 0 Å². The van der Waals surface area contributed by atoms with E-state index < -0.39 is 10.8 Å². The van der Waals surface area contributed by atoms with Crippen molar-refractivity contribution in [1.29, 1.82) is 0 Å². The standard InChI is InChI=1S/C106H74N4/c1-9-29-81(30-10-1)105(82-31-11-2-12-32-82)97-47-27-25-45-93(97)95-67-61-79(71-99(95)105)91-69-70-92(80-62-68-96-94-46-26-28-48-98(94)106(100(96)72-80,83-33-13-3-14-34-83)84-35-15-4-16-36-84)104-103(91)107-101(77-53-49-73(50-54-77)75-57-63-89(64-58-75)109(85-37-17-5-18-38-85)86-39-19-6-20-40-86)102(108-104)78-55-51-74(52-56-78)76-59-65-90(66-60-76)110(87-41-21-7-22-42-87)88-43-23-8-24-44-88/h1-72,93,97H. The molecule has 0 bridgehead atoms. The van der Waals surface area contributed by atoms with Crippen LogP contribution in [0.1, 0.15) is 50.4 Å². The van der Waals surface area contributed by atoms with Crippen molar-refractivity contribution in [2.24, 2.45) is 5.92 Å². The summed E-state index contributed by atoms with van der Waals surface area (Å²) in [5, 5.41) is 0. The molecule has 0 spiro atoms. The molecule has 4 heteroatoms. The average molecular weight is 1400 g/mol. The highest BCUT2D eigenvalue weighted by atomic mass is 15.1. The van der Waals surface area contributed by atoms with Gasteiger partial charge < -0.3 is 9.80 Å². The maximum absolute atomic E-state index is 6.18. The molecule has 2 unspecified atom stereocenters. The zero-order valence-electron chi connectivity index (χ0n) is 60.5. The number of benzene rings is 16. The molecule has 4 nitrogen and oxygen atoms in total. The maximum atomic E-state index is 6.18. The van der Waals surface area contributed by atoms with Crippen LogP contribution in [0.15, 0.2) is 437 Å². The van der Waals surface area contributed by atoms with Crippen LogP contribution < -0.4 is 9.80 Å². The third kappa shape index (κ3) is 11.1. The van der Waals surface area contributed by atoms with Crippen molar-refractivity contribution in [3.63, 3.8) is 0 Å². The van der Waals surface area contributed by atoms with Crippen LogP contribution in [0.3, 0.4) is 0 Å². The summed E-state index contributed by atoms with van der Waals surface area (Å²) in [6, 6.07) is 151. The lowest BCUT2D eigenvalue weighted by Gasteiger charge is -2.39. The second-order valence-corrected chi connectivity index (χ2v) is 29.0. The first-order valence-electron chi connectivity index (χ1n) is 38.1. The molecule has 518 valence electrons. The SMILES string of the molecule is C1=CC2c3ccc(-c4ccc(-c5ccc6c(c5)C(c5ccccc5)(c5ccccc5)c5ccccc5-6)c5nc(-c6ccc(-c7ccc(N(c8ccccc8)c8ccccc8)cc7)cc6)c(-c6ccc(-c7ccc(N(c8ccccc8)c8ccccc8)cc7)cc6)nc45)cc3C(c3ccccc3)(c3ccccc3)C2C=C1. The summed E-state index contributed by atoms with van der Waals surface area (Å²) in [5.74, 6) is 0.298. The first-order chi connectivity index (χ1) is 54.6. The Bertz CT molecular complexity index is 6110.